The Hall–Kier alpha value is -0.120. The number of hydrogen-bond donors (Lipinski definition) is 1. The van der Waals surface area contributed by atoms with Gasteiger partial charge in [0.05, 0.1) is 0 Å². The van der Waals surface area contributed by atoms with Gasteiger partial charge in [-0.25, -0.2) is 0 Å². The lowest BCUT2D eigenvalue weighted by Crippen LogP contribution is -2.49. The number of nitrogens with one attached hydrogen (secondary N) is 1. The maximum atomic E-state index is 3.61. The summed E-state index contributed by atoms with van der Waals surface area (Å²) in [6.45, 7) is 11.6. The third-order valence-corrected chi connectivity index (χ3v) is 4.07. The van der Waals surface area contributed by atoms with Crippen molar-refractivity contribution >= 4 is 0 Å². The number of nitrogens with zero attached hydrogens (tertiary/aromatic N) is 2. The fourth-order valence-corrected chi connectivity index (χ4v) is 2.67. The van der Waals surface area contributed by atoms with Crippen molar-refractivity contribution < 1.29 is 0 Å². The molecule has 3 nitrogen and oxygen atoms in total. The van der Waals surface area contributed by atoms with Crippen LogP contribution in [-0.4, -0.2) is 62.2 Å². The molecule has 1 fully saturated rings. The highest BCUT2D eigenvalue weighted by molar-refractivity contribution is 4.81. The highest BCUT2D eigenvalue weighted by Crippen LogP contribution is 2.15. The second kappa shape index (κ2) is 7.34. The van der Waals surface area contributed by atoms with Crippen molar-refractivity contribution in [3.05, 3.63) is 0 Å². The first kappa shape index (κ1) is 14.9. The zero-order valence-electron chi connectivity index (χ0n) is 12.4. The maximum Gasteiger partial charge on any atom is 0.0217 e. The van der Waals surface area contributed by atoms with Gasteiger partial charge in [-0.3, -0.25) is 0 Å². The van der Waals surface area contributed by atoms with Crippen LogP contribution in [0.3, 0.4) is 0 Å². The third-order valence-electron chi connectivity index (χ3n) is 4.07. The molecule has 1 heterocycles. The highest BCUT2D eigenvalue weighted by atomic mass is 15.2. The Balaban J connectivity index is 2.38. The Labute approximate surface area is 108 Å². The van der Waals surface area contributed by atoms with Crippen molar-refractivity contribution in [1.82, 2.24) is 15.1 Å². The van der Waals surface area contributed by atoms with Crippen LogP contribution in [0.2, 0.25) is 0 Å². The van der Waals surface area contributed by atoms with Crippen LogP contribution in [0.15, 0.2) is 0 Å². The van der Waals surface area contributed by atoms with Gasteiger partial charge in [0.25, 0.3) is 0 Å². The van der Waals surface area contributed by atoms with Crippen molar-refractivity contribution in [2.24, 2.45) is 5.92 Å². The number of hydrogen-bond acceptors (Lipinski definition) is 3. The van der Waals surface area contributed by atoms with Gasteiger partial charge < -0.3 is 15.1 Å². The minimum Gasteiger partial charge on any atom is -0.313 e. The Bertz CT molecular complexity index is 198. The molecule has 1 aliphatic heterocycles. The molecular formula is C14H31N3. The molecule has 0 amide bonds. The Morgan fingerprint density at radius 2 is 1.88 bits per heavy atom. The quantitative estimate of drug-likeness (QED) is 0.763. The normalized spacial score (nSPS) is 21.4. The fraction of sp³-hybridized carbons (Fsp3) is 1.00. The summed E-state index contributed by atoms with van der Waals surface area (Å²) >= 11 is 0. The first-order valence-electron chi connectivity index (χ1n) is 7.16. The van der Waals surface area contributed by atoms with Gasteiger partial charge in [-0.05, 0) is 52.5 Å². The molecule has 1 rings (SSSR count). The summed E-state index contributed by atoms with van der Waals surface area (Å²) in [4.78, 5) is 5.01. The molecule has 1 N–H and O–H groups in total. The zero-order valence-corrected chi connectivity index (χ0v) is 12.4. The summed E-state index contributed by atoms with van der Waals surface area (Å²) in [6, 6.07) is 1.41. The lowest BCUT2D eigenvalue weighted by molar-refractivity contribution is 0.127. The van der Waals surface area contributed by atoms with E-state index in [0.717, 1.165) is 12.6 Å². The number of rotatable bonds is 6. The minimum absolute atomic E-state index is 0.629. The van der Waals surface area contributed by atoms with Gasteiger partial charge in [0.15, 0.2) is 0 Å². The van der Waals surface area contributed by atoms with E-state index in [1.54, 1.807) is 0 Å². The van der Waals surface area contributed by atoms with Crippen molar-refractivity contribution in [3.8, 4) is 0 Å². The van der Waals surface area contributed by atoms with Gasteiger partial charge in [0.1, 0.15) is 0 Å². The zero-order chi connectivity index (χ0) is 12.8. The molecule has 0 aliphatic carbocycles. The molecule has 0 bridgehead atoms. The standard InChI is InChI=1S/C14H31N3/c1-6-15-14(12(2)3)11-17(5)13-7-9-16(4)10-8-13/h12-15H,6-11H2,1-5H3. The van der Waals surface area contributed by atoms with Crippen LogP contribution in [0.4, 0.5) is 0 Å². The highest BCUT2D eigenvalue weighted by Gasteiger charge is 2.23. The van der Waals surface area contributed by atoms with E-state index in [0.29, 0.717) is 12.0 Å². The van der Waals surface area contributed by atoms with Gasteiger partial charge in [-0.1, -0.05) is 20.8 Å². The van der Waals surface area contributed by atoms with Crippen LogP contribution >= 0.6 is 0 Å². The van der Waals surface area contributed by atoms with Gasteiger partial charge in [0.2, 0.25) is 0 Å². The number of piperidine rings is 1. The molecule has 0 saturated carbocycles. The van der Waals surface area contributed by atoms with Gasteiger partial charge in [-0.15, -0.1) is 0 Å². The van der Waals surface area contributed by atoms with Crippen molar-refractivity contribution in [2.45, 2.75) is 45.7 Å². The second-order valence-corrected chi connectivity index (χ2v) is 5.88. The predicted molar refractivity (Wildman–Crippen MR) is 75.5 cm³/mol. The van der Waals surface area contributed by atoms with E-state index in [1.165, 1.54) is 32.5 Å². The minimum atomic E-state index is 0.629. The number of likely N-dealkylation sites (tertiary alicyclic amines) is 1. The van der Waals surface area contributed by atoms with Crippen LogP contribution in [0.25, 0.3) is 0 Å². The summed E-state index contributed by atoms with van der Waals surface area (Å²) in [6.07, 6.45) is 2.65. The molecule has 0 radical (unpaired) electrons. The van der Waals surface area contributed by atoms with Crippen LogP contribution in [0, 0.1) is 5.92 Å². The SMILES string of the molecule is CCNC(CN(C)C1CCN(C)CC1)C(C)C. The van der Waals surface area contributed by atoms with Crippen molar-refractivity contribution in [1.29, 1.82) is 0 Å². The first-order valence-corrected chi connectivity index (χ1v) is 7.16. The van der Waals surface area contributed by atoms with Gasteiger partial charge in [0, 0.05) is 18.6 Å². The molecule has 0 spiro atoms. The molecule has 102 valence electrons. The Kier molecular flexibility index (Phi) is 6.45. The Morgan fingerprint density at radius 1 is 1.29 bits per heavy atom. The average molecular weight is 241 g/mol. The molecule has 0 aromatic carbocycles. The van der Waals surface area contributed by atoms with E-state index in [-0.39, 0.29) is 0 Å². The Morgan fingerprint density at radius 3 is 2.35 bits per heavy atom. The molecule has 3 heteroatoms. The molecule has 1 unspecified atom stereocenters. The van der Waals surface area contributed by atoms with Crippen LogP contribution in [0.5, 0.6) is 0 Å². The summed E-state index contributed by atoms with van der Waals surface area (Å²) in [5.41, 5.74) is 0. The monoisotopic (exact) mass is 241 g/mol. The lowest BCUT2D eigenvalue weighted by atomic mass is 10.00. The molecule has 1 aliphatic rings. The first-order chi connectivity index (χ1) is 8.04. The lowest BCUT2D eigenvalue weighted by Gasteiger charge is -2.37. The summed E-state index contributed by atoms with van der Waals surface area (Å²) in [5.74, 6) is 0.712. The van der Waals surface area contributed by atoms with Gasteiger partial charge >= 0.3 is 0 Å². The molecular weight excluding hydrogens is 210 g/mol. The molecule has 17 heavy (non-hydrogen) atoms. The van der Waals surface area contributed by atoms with E-state index in [9.17, 15) is 0 Å². The smallest absolute Gasteiger partial charge is 0.0217 e. The van der Waals surface area contributed by atoms with Crippen molar-refractivity contribution in [3.63, 3.8) is 0 Å². The summed E-state index contributed by atoms with van der Waals surface area (Å²) in [5, 5.41) is 3.61. The average Bonchev–Trinajstić information content (AvgIpc) is 2.29. The van der Waals surface area contributed by atoms with E-state index >= 15 is 0 Å². The molecule has 1 atom stereocenters. The van der Waals surface area contributed by atoms with Crippen LogP contribution in [0.1, 0.15) is 33.6 Å². The van der Waals surface area contributed by atoms with Crippen LogP contribution < -0.4 is 5.32 Å². The summed E-state index contributed by atoms with van der Waals surface area (Å²) < 4.78 is 0. The second-order valence-electron chi connectivity index (χ2n) is 5.88. The van der Waals surface area contributed by atoms with Crippen LogP contribution in [-0.2, 0) is 0 Å². The largest absolute Gasteiger partial charge is 0.313 e. The molecule has 0 aromatic rings. The third kappa shape index (κ3) is 4.94. The van der Waals surface area contributed by atoms with Gasteiger partial charge in [-0.2, -0.15) is 0 Å². The van der Waals surface area contributed by atoms with E-state index < -0.39 is 0 Å². The molecule has 0 aromatic heterocycles. The maximum absolute atomic E-state index is 3.61. The van der Waals surface area contributed by atoms with Crippen molar-refractivity contribution in [2.75, 3.05) is 40.3 Å². The van der Waals surface area contributed by atoms with E-state index in [2.05, 4.69) is 50.0 Å². The van der Waals surface area contributed by atoms with E-state index in [1.807, 2.05) is 0 Å². The van der Waals surface area contributed by atoms with E-state index in [4.69, 9.17) is 0 Å². The number of likely N-dealkylation sites (N-methyl/N-ethyl adjacent to an activating group) is 2. The predicted octanol–water partition coefficient (Wildman–Crippen LogP) is 1.65. The topological polar surface area (TPSA) is 18.5 Å². The molecule has 1 saturated heterocycles. The summed E-state index contributed by atoms with van der Waals surface area (Å²) in [7, 11) is 4.52. The fourth-order valence-electron chi connectivity index (χ4n) is 2.67.